The maximum atomic E-state index is 12.1. The van der Waals surface area contributed by atoms with Crippen LogP contribution >= 0.6 is 0 Å². The molecule has 3 unspecified atom stereocenters. The van der Waals surface area contributed by atoms with Gasteiger partial charge in [0.25, 0.3) is 0 Å². The lowest BCUT2D eigenvalue weighted by molar-refractivity contribution is -0.131. The third-order valence-electron chi connectivity index (χ3n) is 3.89. The average molecular weight is 256 g/mol. The van der Waals surface area contributed by atoms with Crippen LogP contribution in [0.2, 0.25) is 0 Å². The number of aliphatic hydroxyl groups is 1. The van der Waals surface area contributed by atoms with Crippen LogP contribution in [-0.2, 0) is 4.79 Å². The van der Waals surface area contributed by atoms with E-state index in [9.17, 15) is 9.90 Å². The maximum absolute atomic E-state index is 12.1. The summed E-state index contributed by atoms with van der Waals surface area (Å²) in [7, 11) is 0. The summed E-state index contributed by atoms with van der Waals surface area (Å²) in [5.74, 6) is -0.0135. The Morgan fingerprint density at radius 2 is 2.17 bits per heavy atom. The minimum atomic E-state index is -0.491. The number of hydrogen-bond acceptors (Lipinski definition) is 3. The second-order valence-electron chi connectivity index (χ2n) is 7.04. The first kappa shape index (κ1) is 15.4. The first-order valence-corrected chi connectivity index (χ1v) is 6.87. The number of rotatable bonds is 4. The van der Waals surface area contributed by atoms with E-state index in [1.807, 2.05) is 6.92 Å². The van der Waals surface area contributed by atoms with Crippen molar-refractivity contribution in [2.45, 2.75) is 65.5 Å². The van der Waals surface area contributed by atoms with Crippen molar-refractivity contribution in [3.8, 4) is 0 Å². The number of carbonyl (C=O) groups excluding carboxylic acids is 1. The van der Waals surface area contributed by atoms with E-state index in [0.717, 1.165) is 19.3 Å². The molecule has 106 valence electrons. The second kappa shape index (κ2) is 5.57. The smallest absolute Gasteiger partial charge is 0.227 e. The summed E-state index contributed by atoms with van der Waals surface area (Å²) in [6.07, 6.45) is 2.95. The molecule has 0 bridgehead atoms. The topological polar surface area (TPSA) is 75.3 Å². The van der Waals surface area contributed by atoms with E-state index >= 15 is 0 Å². The van der Waals surface area contributed by atoms with Crippen molar-refractivity contribution in [3.63, 3.8) is 0 Å². The standard InChI is InChI=1S/C14H28N2O2/c1-13(2,3)8-10(17)9-16-12(18)14(4)7-5-6-11(14)15/h10-11,17H,5-9,15H2,1-4H3,(H,16,18). The molecular weight excluding hydrogens is 228 g/mol. The van der Waals surface area contributed by atoms with Gasteiger partial charge in [-0.3, -0.25) is 4.79 Å². The summed E-state index contributed by atoms with van der Waals surface area (Å²) in [5.41, 5.74) is 5.61. The molecule has 1 aliphatic carbocycles. The fraction of sp³-hybridized carbons (Fsp3) is 0.929. The van der Waals surface area contributed by atoms with Crippen LogP contribution in [0.4, 0.5) is 0 Å². The second-order valence-corrected chi connectivity index (χ2v) is 7.04. The van der Waals surface area contributed by atoms with Gasteiger partial charge >= 0.3 is 0 Å². The molecule has 0 aromatic heterocycles. The number of amides is 1. The predicted molar refractivity (Wildman–Crippen MR) is 73.0 cm³/mol. The van der Waals surface area contributed by atoms with Gasteiger partial charge in [0, 0.05) is 12.6 Å². The van der Waals surface area contributed by atoms with E-state index in [-0.39, 0.29) is 17.4 Å². The molecule has 18 heavy (non-hydrogen) atoms. The summed E-state index contributed by atoms with van der Waals surface area (Å²) in [6, 6.07) is -0.0581. The van der Waals surface area contributed by atoms with Gasteiger partial charge in [0.05, 0.1) is 11.5 Å². The van der Waals surface area contributed by atoms with Gasteiger partial charge in [-0.25, -0.2) is 0 Å². The number of hydrogen-bond donors (Lipinski definition) is 3. The Bertz CT molecular complexity index is 299. The van der Waals surface area contributed by atoms with Crippen LogP contribution in [0.5, 0.6) is 0 Å². The highest BCUT2D eigenvalue weighted by Crippen LogP contribution is 2.36. The van der Waals surface area contributed by atoms with Gasteiger partial charge in [-0.2, -0.15) is 0 Å². The first-order chi connectivity index (χ1) is 8.15. The molecule has 0 aromatic rings. The van der Waals surface area contributed by atoms with Gasteiger partial charge in [-0.15, -0.1) is 0 Å². The first-order valence-electron chi connectivity index (χ1n) is 6.87. The Hall–Kier alpha value is -0.610. The lowest BCUT2D eigenvalue weighted by Gasteiger charge is -2.29. The molecular formula is C14H28N2O2. The number of aliphatic hydroxyl groups excluding tert-OH is 1. The molecule has 0 spiro atoms. The van der Waals surface area contributed by atoms with Gasteiger partial charge in [0.15, 0.2) is 0 Å². The Kier molecular flexibility index (Phi) is 4.78. The van der Waals surface area contributed by atoms with Crippen molar-refractivity contribution in [2.24, 2.45) is 16.6 Å². The zero-order chi connectivity index (χ0) is 14.0. The summed E-state index contributed by atoms with van der Waals surface area (Å²) in [5, 5.41) is 12.7. The Morgan fingerprint density at radius 3 is 2.61 bits per heavy atom. The summed E-state index contributed by atoms with van der Waals surface area (Å²) in [4.78, 5) is 12.1. The third-order valence-corrected chi connectivity index (χ3v) is 3.89. The van der Waals surface area contributed by atoms with Crippen molar-refractivity contribution in [1.29, 1.82) is 0 Å². The van der Waals surface area contributed by atoms with Crippen molar-refractivity contribution >= 4 is 5.91 Å². The monoisotopic (exact) mass is 256 g/mol. The van der Waals surface area contributed by atoms with Crippen LogP contribution in [0, 0.1) is 10.8 Å². The van der Waals surface area contributed by atoms with E-state index in [1.165, 1.54) is 0 Å². The predicted octanol–water partition coefficient (Wildman–Crippen LogP) is 1.42. The highest BCUT2D eigenvalue weighted by molar-refractivity contribution is 5.83. The minimum Gasteiger partial charge on any atom is -0.391 e. The van der Waals surface area contributed by atoms with Crippen molar-refractivity contribution in [1.82, 2.24) is 5.32 Å². The fourth-order valence-electron chi connectivity index (χ4n) is 2.67. The van der Waals surface area contributed by atoms with Crippen molar-refractivity contribution in [2.75, 3.05) is 6.54 Å². The summed E-state index contributed by atoms with van der Waals surface area (Å²) >= 11 is 0. The quantitative estimate of drug-likeness (QED) is 0.712. The summed E-state index contributed by atoms with van der Waals surface area (Å²) in [6.45, 7) is 8.47. The van der Waals surface area contributed by atoms with Crippen molar-refractivity contribution in [3.05, 3.63) is 0 Å². The molecule has 0 radical (unpaired) electrons. The molecule has 1 saturated carbocycles. The van der Waals surface area contributed by atoms with E-state index < -0.39 is 11.5 Å². The average Bonchev–Trinajstić information content (AvgIpc) is 2.54. The van der Waals surface area contributed by atoms with E-state index in [0.29, 0.717) is 13.0 Å². The van der Waals surface area contributed by atoms with E-state index in [2.05, 4.69) is 26.1 Å². The zero-order valence-corrected chi connectivity index (χ0v) is 12.1. The van der Waals surface area contributed by atoms with Crippen LogP contribution in [0.15, 0.2) is 0 Å². The van der Waals surface area contributed by atoms with Crippen LogP contribution in [0.25, 0.3) is 0 Å². The van der Waals surface area contributed by atoms with Crippen molar-refractivity contribution < 1.29 is 9.90 Å². The fourth-order valence-corrected chi connectivity index (χ4v) is 2.67. The van der Waals surface area contributed by atoms with Crippen LogP contribution in [-0.4, -0.2) is 29.7 Å². The molecule has 3 atom stereocenters. The largest absolute Gasteiger partial charge is 0.391 e. The number of nitrogens with one attached hydrogen (secondary N) is 1. The van der Waals surface area contributed by atoms with Gasteiger partial charge in [-0.05, 0) is 31.6 Å². The molecule has 1 fully saturated rings. The molecule has 0 aliphatic heterocycles. The van der Waals surface area contributed by atoms with Gasteiger partial charge < -0.3 is 16.2 Å². The molecule has 4 heteroatoms. The molecule has 1 amide bonds. The highest BCUT2D eigenvalue weighted by atomic mass is 16.3. The third kappa shape index (κ3) is 3.95. The van der Waals surface area contributed by atoms with Crippen LogP contribution < -0.4 is 11.1 Å². The van der Waals surface area contributed by atoms with Crippen LogP contribution in [0.1, 0.15) is 53.4 Å². The summed E-state index contributed by atoms with van der Waals surface area (Å²) < 4.78 is 0. The SMILES string of the molecule is CC(C)(C)CC(O)CNC(=O)C1(C)CCCC1N. The lowest BCUT2D eigenvalue weighted by Crippen LogP contribution is -2.49. The maximum Gasteiger partial charge on any atom is 0.227 e. The Morgan fingerprint density at radius 1 is 1.56 bits per heavy atom. The van der Waals surface area contributed by atoms with Gasteiger partial charge in [-0.1, -0.05) is 27.2 Å². The minimum absolute atomic E-state index is 0.0135. The molecule has 1 aliphatic rings. The molecule has 0 heterocycles. The Labute approximate surface area is 110 Å². The molecule has 4 nitrogen and oxygen atoms in total. The Balaban J connectivity index is 2.42. The number of nitrogens with two attached hydrogens (primary N) is 1. The zero-order valence-electron chi connectivity index (χ0n) is 12.1. The molecule has 1 rings (SSSR count). The number of carbonyl (C=O) groups is 1. The molecule has 4 N–H and O–H groups in total. The normalized spacial score (nSPS) is 30.2. The van der Waals surface area contributed by atoms with E-state index in [1.54, 1.807) is 0 Å². The van der Waals surface area contributed by atoms with Gasteiger partial charge in [0.1, 0.15) is 0 Å². The highest BCUT2D eigenvalue weighted by Gasteiger charge is 2.42. The molecule has 0 aromatic carbocycles. The van der Waals surface area contributed by atoms with E-state index in [4.69, 9.17) is 5.73 Å². The van der Waals surface area contributed by atoms with Gasteiger partial charge in [0.2, 0.25) is 5.91 Å². The lowest BCUT2D eigenvalue weighted by atomic mass is 9.84. The molecule has 0 saturated heterocycles. The van der Waals surface area contributed by atoms with Crippen LogP contribution in [0.3, 0.4) is 0 Å².